The molecule has 1 rings (SSSR count). The molecule has 0 bridgehead atoms. The molecule has 0 aliphatic heterocycles. The minimum Gasteiger partial charge on any atom is -0.392 e. The van der Waals surface area contributed by atoms with Crippen LogP contribution < -0.4 is 0 Å². The quantitative estimate of drug-likeness (QED) is 0.786. The first-order chi connectivity index (χ1) is 6.60. The fourth-order valence-electron chi connectivity index (χ4n) is 1.13. The van der Waals surface area contributed by atoms with E-state index in [0.717, 1.165) is 6.07 Å². The molecule has 0 unspecified atom stereocenters. The second-order valence-electron chi connectivity index (χ2n) is 2.73. The Morgan fingerprint density at radius 3 is 2.71 bits per heavy atom. The molecule has 5 heteroatoms. The van der Waals surface area contributed by atoms with Gasteiger partial charge in [0.1, 0.15) is 5.69 Å². The number of nitrogens with zero attached hydrogens (tertiary/aromatic N) is 2. The Morgan fingerprint density at radius 2 is 2.29 bits per heavy atom. The molecule has 0 spiro atoms. The molecule has 0 aliphatic carbocycles. The number of halogens is 2. The van der Waals surface area contributed by atoms with Gasteiger partial charge in [0, 0.05) is 11.3 Å². The number of aliphatic hydroxyl groups excluding tert-OH is 1. The van der Waals surface area contributed by atoms with Crippen molar-refractivity contribution in [2.24, 2.45) is 0 Å². The third-order valence-electron chi connectivity index (χ3n) is 1.85. The number of aromatic nitrogens is 1. The van der Waals surface area contributed by atoms with Crippen molar-refractivity contribution in [3.05, 3.63) is 28.6 Å². The number of aryl methyl sites for hydroxylation is 1. The molecule has 0 saturated carbocycles. The fourth-order valence-corrected chi connectivity index (χ4v) is 1.13. The van der Waals surface area contributed by atoms with Crippen LogP contribution in [0.15, 0.2) is 6.07 Å². The van der Waals surface area contributed by atoms with Crippen molar-refractivity contribution >= 4 is 0 Å². The van der Waals surface area contributed by atoms with Gasteiger partial charge in [0.15, 0.2) is 0 Å². The lowest BCUT2D eigenvalue weighted by Gasteiger charge is -2.06. The van der Waals surface area contributed by atoms with E-state index in [1.54, 1.807) is 6.07 Å². The summed E-state index contributed by atoms with van der Waals surface area (Å²) in [4.78, 5) is 3.59. The maximum absolute atomic E-state index is 12.3. The fraction of sp³-hybridized carbons (Fsp3) is 0.333. The van der Waals surface area contributed by atoms with Crippen LogP contribution in [-0.2, 0) is 6.61 Å². The summed E-state index contributed by atoms with van der Waals surface area (Å²) in [6, 6.07) is 2.75. The topological polar surface area (TPSA) is 56.9 Å². The molecular weight excluding hydrogens is 190 g/mol. The number of rotatable bonds is 2. The van der Waals surface area contributed by atoms with E-state index in [-0.39, 0.29) is 17.9 Å². The second kappa shape index (κ2) is 4.11. The number of aliphatic hydroxyl groups is 1. The predicted octanol–water partition coefficient (Wildman–Crippen LogP) is 1.69. The van der Waals surface area contributed by atoms with Crippen molar-refractivity contribution in [2.75, 3.05) is 0 Å². The highest BCUT2D eigenvalue weighted by atomic mass is 19.3. The van der Waals surface area contributed by atoms with Crippen LogP contribution in [0.25, 0.3) is 0 Å². The summed E-state index contributed by atoms with van der Waals surface area (Å²) in [6.45, 7) is 1.11. The van der Waals surface area contributed by atoms with Gasteiger partial charge in [-0.15, -0.1) is 0 Å². The predicted molar refractivity (Wildman–Crippen MR) is 44.6 cm³/mol. The minimum atomic E-state index is -2.70. The summed E-state index contributed by atoms with van der Waals surface area (Å²) in [5.41, 5.74) is 0.185. The van der Waals surface area contributed by atoms with Crippen molar-refractivity contribution < 1.29 is 13.9 Å². The van der Waals surface area contributed by atoms with E-state index < -0.39 is 12.1 Å². The second-order valence-corrected chi connectivity index (χ2v) is 2.73. The SMILES string of the molecule is Cc1nc(C(F)F)cc(C#N)c1CO. The molecule has 1 heterocycles. The molecule has 0 atom stereocenters. The van der Waals surface area contributed by atoms with Gasteiger partial charge in [-0.3, -0.25) is 4.98 Å². The lowest BCUT2D eigenvalue weighted by Crippen LogP contribution is -2.01. The highest BCUT2D eigenvalue weighted by Gasteiger charge is 2.14. The van der Waals surface area contributed by atoms with Gasteiger partial charge in [0.2, 0.25) is 0 Å². The van der Waals surface area contributed by atoms with Crippen molar-refractivity contribution in [2.45, 2.75) is 20.0 Å². The molecule has 0 radical (unpaired) electrons. The number of hydrogen-bond donors (Lipinski definition) is 1. The third kappa shape index (κ3) is 1.86. The van der Waals surface area contributed by atoms with Crippen molar-refractivity contribution in [1.29, 1.82) is 5.26 Å². The maximum atomic E-state index is 12.3. The lowest BCUT2D eigenvalue weighted by atomic mass is 10.1. The van der Waals surface area contributed by atoms with E-state index in [1.165, 1.54) is 6.92 Å². The van der Waals surface area contributed by atoms with E-state index >= 15 is 0 Å². The van der Waals surface area contributed by atoms with Gasteiger partial charge >= 0.3 is 0 Å². The largest absolute Gasteiger partial charge is 0.392 e. The average molecular weight is 198 g/mol. The highest BCUT2D eigenvalue weighted by Crippen LogP contribution is 2.21. The summed E-state index contributed by atoms with van der Waals surface area (Å²) >= 11 is 0. The standard InChI is InChI=1S/C9H8F2N2O/c1-5-7(4-14)6(3-12)2-8(13-5)9(10)11/h2,9,14H,4H2,1H3. The van der Waals surface area contributed by atoms with Crippen LogP contribution >= 0.6 is 0 Å². The smallest absolute Gasteiger partial charge is 0.280 e. The summed E-state index contributed by atoms with van der Waals surface area (Å²) in [5.74, 6) is 0. The molecule has 0 saturated heterocycles. The zero-order chi connectivity index (χ0) is 10.7. The van der Waals surface area contributed by atoms with E-state index in [2.05, 4.69) is 4.98 Å². The summed E-state index contributed by atoms with van der Waals surface area (Å²) < 4.78 is 24.5. The molecule has 0 amide bonds. The Labute approximate surface area is 79.6 Å². The summed E-state index contributed by atoms with van der Waals surface area (Å²) in [6.07, 6.45) is -2.70. The molecule has 0 aromatic carbocycles. The van der Waals surface area contributed by atoms with Crippen LogP contribution in [0.3, 0.4) is 0 Å². The van der Waals surface area contributed by atoms with Crippen LogP contribution in [0.4, 0.5) is 8.78 Å². The molecular formula is C9H8F2N2O. The molecule has 74 valence electrons. The van der Waals surface area contributed by atoms with Crippen molar-refractivity contribution in [1.82, 2.24) is 4.98 Å². The Balaban J connectivity index is 3.33. The normalized spacial score (nSPS) is 10.3. The molecule has 1 N–H and O–H groups in total. The molecule has 1 aromatic heterocycles. The van der Waals surface area contributed by atoms with Crippen LogP contribution in [-0.4, -0.2) is 10.1 Å². The molecule has 14 heavy (non-hydrogen) atoms. The third-order valence-corrected chi connectivity index (χ3v) is 1.85. The first-order valence-corrected chi connectivity index (χ1v) is 3.89. The lowest BCUT2D eigenvalue weighted by molar-refractivity contribution is 0.145. The van der Waals surface area contributed by atoms with Gasteiger partial charge in [0.05, 0.1) is 18.2 Å². The van der Waals surface area contributed by atoms with Gasteiger partial charge in [-0.05, 0) is 13.0 Å². The van der Waals surface area contributed by atoms with Crippen LogP contribution in [0.2, 0.25) is 0 Å². The Kier molecular flexibility index (Phi) is 3.10. The monoisotopic (exact) mass is 198 g/mol. The van der Waals surface area contributed by atoms with Crippen LogP contribution in [0.1, 0.15) is 28.9 Å². The molecule has 0 fully saturated rings. The van der Waals surface area contributed by atoms with E-state index in [4.69, 9.17) is 10.4 Å². The first-order valence-electron chi connectivity index (χ1n) is 3.89. The number of nitriles is 1. The average Bonchev–Trinajstić information content (AvgIpc) is 2.16. The maximum Gasteiger partial charge on any atom is 0.280 e. The van der Waals surface area contributed by atoms with Crippen LogP contribution in [0, 0.1) is 18.3 Å². The highest BCUT2D eigenvalue weighted by molar-refractivity contribution is 5.40. The van der Waals surface area contributed by atoms with Crippen LogP contribution in [0.5, 0.6) is 0 Å². The molecule has 3 nitrogen and oxygen atoms in total. The first kappa shape index (κ1) is 10.5. The Hall–Kier alpha value is -1.54. The van der Waals surface area contributed by atoms with Crippen molar-refractivity contribution in [3.8, 4) is 6.07 Å². The zero-order valence-electron chi connectivity index (χ0n) is 7.46. The van der Waals surface area contributed by atoms with E-state index in [0.29, 0.717) is 5.56 Å². The number of hydrogen-bond acceptors (Lipinski definition) is 3. The number of pyridine rings is 1. The van der Waals surface area contributed by atoms with Gasteiger partial charge in [0.25, 0.3) is 6.43 Å². The zero-order valence-corrected chi connectivity index (χ0v) is 7.46. The van der Waals surface area contributed by atoms with Crippen molar-refractivity contribution in [3.63, 3.8) is 0 Å². The van der Waals surface area contributed by atoms with Gasteiger partial charge in [-0.25, -0.2) is 8.78 Å². The van der Waals surface area contributed by atoms with Gasteiger partial charge in [-0.1, -0.05) is 0 Å². The Bertz CT molecular complexity index is 385. The summed E-state index contributed by atoms with van der Waals surface area (Å²) in [7, 11) is 0. The minimum absolute atomic E-state index is 0.0512. The van der Waals surface area contributed by atoms with Gasteiger partial charge < -0.3 is 5.11 Å². The molecule has 1 aromatic rings. The molecule has 0 aliphatic rings. The summed E-state index contributed by atoms with van der Waals surface area (Å²) in [5, 5.41) is 17.5. The van der Waals surface area contributed by atoms with Gasteiger partial charge in [-0.2, -0.15) is 5.26 Å². The Morgan fingerprint density at radius 1 is 1.64 bits per heavy atom. The van der Waals surface area contributed by atoms with E-state index in [9.17, 15) is 8.78 Å². The van der Waals surface area contributed by atoms with E-state index in [1.807, 2.05) is 0 Å². The number of alkyl halides is 2.